The third kappa shape index (κ3) is 3.27. The Morgan fingerprint density at radius 2 is 2.39 bits per heavy atom. The van der Waals surface area contributed by atoms with Crippen molar-refractivity contribution >= 4 is 11.3 Å². The molecule has 0 spiro atoms. The second kappa shape index (κ2) is 5.93. The van der Waals surface area contributed by atoms with Crippen molar-refractivity contribution in [2.24, 2.45) is 0 Å². The predicted octanol–water partition coefficient (Wildman–Crippen LogP) is 1.96. The summed E-state index contributed by atoms with van der Waals surface area (Å²) in [7, 11) is 0. The van der Waals surface area contributed by atoms with Crippen LogP contribution in [0.3, 0.4) is 0 Å². The van der Waals surface area contributed by atoms with E-state index in [2.05, 4.69) is 28.7 Å². The number of thiophene rings is 1. The molecule has 0 bridgehead atoms. The fourth-order valence-corrected chi connectivity index (χ4v) is 2.48. The van der Waals surface area contributed by atoms with E-state index in [-0.39, 0.29) is 5.56 Å². The van der Waals surface area contributed by atoms with Gasteiger partial charge >= 0.3 is 0 Å². The largest absolute Gasteiger partial charge is 0.308 e. The zero-order valence-electron chi connectivity index (χ0n) is 10.6. The van der Waals surface area contributed by atoms with Gasteiger partial charge in [-0.3, -0.25) is 9.36 Å². The average Bonchev–Trinajstić information content (AvgIpc) is 2.85. The fraction of sp³-hybridized carbons (Fsp3) is 0.385. The Hall–Kier alpha value is -1.46. The van der Waals surface area contributed by atoms with Gasteiger partial charge in [0.25, 0.3) is 5.56 Å². The van der Waals surface area contributed by atoms with Crippen LogP contribution in [0.25, 0.3) is 0 Å². The van der Waals surface area contributed by atoms with E-state index < -0.39 is 0 Å². The molecule has 0 saturated heterocycles. The van der Waals surface area contributed by atoms with Gasteiger partial charge in [0.15, 0.2) is 0 Å². The molecule has 0 aliphatic carbocycles. The van der Waals surface area contributed by atoms with Crippen molar-refractivity contribution in [1.29, 1.82) is 0 Å². The van der Waals surface area contributed by atoms with Crippen LogP contribution in [0, 0.1) is 6.92 Å². The number of aromatic nitrogens is 2. The summed E-state index contributed by atoms with van der Waals surface area (Å²) in [5, 5.41) is 5.47. The maximum atomic E-state index is 11.6. The maximum absolute atomic E-state index is 11.6. The van der Waals surface area contributed by atoms with Crippen LogP contribution in [0.2, 0.25) is 0 Å². The number of aryl methyl sites for hydroxylation is 1. The predicted molar refractivity (Wildman–Crippen MR) is 74.0 cm³/mol. The molecule has 2 aromatic rings. The Labute approximate surface area is 110 Å². The molecule has 0 radical (unpaired) electrons. The van der Waals surface area contributed by atoms with Crippen LogP contribution < -0.4 is 10.9 Å². The smallest absolute Gasteiger partial charge is 0.253 e. The van der Waals surface area contributed by atoms with Gasteiger partial charge in [-0.25, -0.2) is 4.98 Å². The molecule has 0 aliphatic heterocycles. The minimum absolute atomic E-state index is 0.00748. The molecular formula is C13H17N3OS. The molecule has 0 amide bonds. The molecule has 18 heavy (non-hydrogen) atoms. The minimum atomic E-state index is 0.00748. The van der Waals surface area contributed by atoms with Crippen LogP contribution in [0.5, 0.6) is 0 Å². The summed E-state index contributed by atoms with van der Waals surface area (Å²) in [4.78, 5) is 17.1. The highest BCUT2D eigenvalue weighted by atomic mass is 32.1. The Morgan fingerprint density at radius 3 is 3.06 bits per heavy atom. The molecule has 1 N–H and O–H groups in total. The van der Waals surface area contributed by atoms with Crippen LogP contribution in [-0.2, 0) is 6.54 Å². The minimum Gasteiger partial charge on any atom is -0.308 e. The number of hydrogen-bond donors (Lipinski definition) is 1. The maximum Gasteiger partial charge on any atom is 0.253 e. The molecule has 2 heterocycles. The van der Waals surface area contributed by atoms with Crippen molar-refractivity contribution in [1.82, 2.24) is 14.9 Å². The van der Waals surface area contributed by atoms with E-state index in [0.717, 1.165) is 12.2 Å². The monoisotopic (exact) mass is 263 g/mol. The lowest BCUT2D eigenvalue weighted by molar-refractivity contribution is 0.525. The lowest BCUT2D eigenvalue weighted by Gasteiger charge is -2.12. The zero-order valence-corrected chi connectivity index (χ0v) is 11.4. The van der Waals surface area contributed by atoms with Crippen molar-refractivity contribution in [2.45, 2.75) is 26.4 Å². The van der Waals surface area contributed by atoms with Crippen molar-refractivity contribution in [3.05, 3.63) is 50.8 Å². The summed E-state index contributed by atoms with van der Waals surface area (Å²) in [6, 6.07) is 6.04. The van der Waals surface area contributed by atoms with Crippen LogP contribution in [0.4, 0.5) is 0 Å². The second-order valence-corrected chi connectivity index (χ2v) is 5.23. The first-order valence-corrected chi connectivity index (χ1v) is 6.84. The molecule has 1 atom stereocenters. The third-order valence-electron chi connectivity index (χ3n) is 2.79. The second-order valence-electron chi connectivity index (χ2n) is 4.25. The first-order chi connectivity index (χ1) is 8.66. The van der Waals surface area contributed by atoms with Crippen LogP contribution >= 0.6 is 11.3 Å². The third-order valence-corrected chi connectivity index (χ3v) is 3.84. The van der Waals surface area contributed by atoms with Gasteiger partial charge in [0.05, 0.1) is 6.33 Å². The topological polar surface area (TPSA) is 46.9 Å². The van der Waals surface area contributed by atoms with Gasteiger partial charge in [-0.05, 0) is 25.3 Å². The van der Waals surface area contributed by atoms with Crippen molar-refractivity contribution < 1.29 is 0 Å². The van der Waals surface area contributed by atoms with E-state index in [4.69, 9.17) is 0 Å². The number of nitrogens with one attached hydrogen (secondary N) is 1. The highest BCUT2D eigenvalue weighted by molar-refractivity contribution is 7.10. The Bertz CT molecular complexity index is 548. The van der Waals surface area contributed by atoms with E-state index in [1.54, 1.807) is 28.3 Å². The molecule has 0 saturated carbocycles. The molecule has 0 aliphatic rings. The summed E-state index contributed by atoms with van der Waals surface area (Å²) in [5.74, 6) is 0. The van der Waals surface area contributed by atoms with Gasteiger partial charge in [0.2, 0.25) is 0 Å². The van der Waals surface area contributed by atoms with Crippen molar-refractivity contribution in [2.75, 3.05) is 6.54 Å². The molecule has 96 valence electrons. The normalized spacial score (nSPS) is 12.6. The van der Waals surface area contributed by atoms with Gasteiger partial charge in [0, 0.05) is 35.8 Å². The zero-order chi connectivity index (χ0) is 13.0. The van der Waals surface area contributed by atoms with E-state index in [1.807, 2.05) is 13.0 Å². The van der Waals surface area contributed by atoms with Gasteiger partial charge < -0.3 is 5.32 Å². The molecule has 0 fully saturated rings. The van der Waals surface area contributed by atoms with Crippen LogP contribution in [-0.4, -0.2) is 16.1 Å². The van der Waals surface area contributed by atoms with Gasteiger partial charge in [0.1, 0.15) is 0 Å². The van der Waals surface area contributed by atoms with Gasteiger partial charge in [-0.15, -0.1) is 11.3 Å². The summed E-state index contributed by atoms with van der Waals surface area (Å²) >= 11 is 1.74. The van der Waals surface area contributed by atoms with E-state index in [1.165, 1.54) is 4.88 Å². The standard InChI is InChI=1S/C13H17N3OS/c1-10-8-13(17)16(9-15-10)6-5-14-11(2)12-4-3-7-18-12/h3-4,7-9,11,14H,5-6H2,1-2H3. The average molecular weight is 263 g/mol. The quantitative estimate of drug-likeness (QED) is 0.897. The number of hydrogen-bond acceptors (Lipinski definition) is 4. The summed E-state index contributed by atoms with van der Waals surface area (Å²) in [5.41, 5.74) is 0.768. The summed E-state index contributed by atoms with van der Waals surface area (Å²) in [6.07, 6.45) is 1.61. The van der Waals surface area contributed by atoms with Gasteiger partial charge in [-0.2, -0.15) is 0 Å². The number of nitrogens with zero attached hydrogens (tertiary/aromatic N) is 2. The molecule has 5 heteroatoms. The van der Waals surface area contributed by atoms with Gasteiger partial charge in [-0.1, -0.05) is 6.07 Å². The van der Waals surface area contributed by atoms with E-state index in [0.29, 0.717) is 12.6 Å². The van der Waals surface area contributed by atoms with Crippen LogP contribution in [0.15, 0.2) is 34.7 Å². The first kappa shape index (κ1) is 13.0. The lowest BCUT2D eigenvalue weighted by Crippen LogP contribution is -2.28. The molecular weight excluding hydrogens is 246 g/mol. The number of rotatable bonds is 5. The highest BCUT2D eigenvalue weighted by Gasteiger charge is 2.05. The fourth-order valence-electron chi connectivity index (χ4n) is 1.72. The van der Waals surface area contributed by atoms with Crippen molar-refractivity contribution in [3.63, 3.8) is 0 Å². The molecule has 2 rings (SSSR count). The van der Waals surface area contributed by atoms with E-state index >= 15 is 0 Å². The Kier molecular flexibility index (Phi) is 4.28. The summed E-state index contributed by atoms with van der Waals surface area (Å²) < 4.78 is 1.63. The first-order valence-electron chi connectivity index (χ1n) is 5.96. The molecule has 1 unspecified atom stereocenters. The highest BCUT2D eigenvalue weighted by Crippen LogP contribution is 2.17. The van der Waals surface area contributed by atoms with Crippen molar-refractivity contribution in [3.8, 4) is 0 Å². The SMILES string of the molecule is Cc1cc(=O)n(CCNC(C)c2cccs2)cn1. The Balaban J connectivity index is 1.87. The molecule has 2 aromatic heterocycles. The summed E-state index contributed by atoms with van der Waals surface area (Å²) in [6.45, 7) is 5.34. The lowest BCUT2D eigenvalue weighted by atomic mass is 10.3. The Morgan fingerprint density at radius 1 is 1.56 bits per heavy atom. The molecule has 4 nitrogen and oxygen atoms in total. The van der Waals surface area contributed by atoms with Crippen LogP contribution in [0.1, 0.15) is 23.5 Å². The van der Waals surface area contributed by atoms with E-state index in [9.17, 15) is 4.79 Å². The molecule has 0 aromatic carbocycles.